The highest BCUT2D eigenvalue weighted by atomic mass is 79.9. The third-order valence-corrected chi connectivity index (χ3v) is 5.44. The van der Waals surface area contributed by atoms with E-state index in [9.17, 15) is 4.79 Å². The zero-order valence-electron chi connectivity index (χ0n) is 14.5. The number of likely N-dealkylation sites (tertiary alicyclic amines) is 1. The summed E-state index contributed by atoms with van der Waals surface area (Å²) in [6.07, 6.45) is 2.21. The first-order valence-corrected chi connectivity index (χ1v) is 9.78. The number of ether oxygens (including phenoxy) is 2. The number of anilines is 1. The van der Waals surface area contributed by atoms with Crippen molar-refractivity contribution in [2.24, 2.45) is 0 Å². The zero-order valence-corrected chi connectivity index (χ0v) is 16.1. The molecule has 4 rings (SSSR count). The van der Waals surface area contributed by atoms with Crippen molar-refractivity contribution in [3.05, 3.63) is 52.5 Å². The summed E-state index contributed by atoms with van der Waals surface area (Å²) in [4.78, 5) is 13.8. The maximum Gasteiger partial charge on any atom is 0.279 e. The maximum absolute atomic E-state index is 12.5. The Balaban J connectivity index is 1.44. The molecule has 136 valence electrons. The van der Waals surface area contributed by atoms with Crippen LogP contribution >= 0.6 is 15.9 Å². The molecule has 1 saturated heterocycles. The summed E-state index contributed by atoms with van der Waals surface area (Å²) in [5.41, 5.74) is 2.04. The molecule has 0 saturated carbocycles. The maximum atomic E-state index is 12.5. The summed E-state index contributed by atoms with van der Waals surface area (Å²) in [5, 5.41) is 3.00. The van der Waals surface area contributed by atoms with Crippen LogP contribution in [0.4, 0.5) is 5.69 Å². The molecule has 0 bridgehead atoms. The number of carbonyl (C=O) groups is 1. The molecule has 2 heterocycles. The number of nitrogens with one attached hydrogen (secondary N) is 2. The van der Waals surface area contributed by atoms with E-state index in [2.05, 4.69) is 33.4 Å². The summed E-state index contributed by atoms with van der Waals surface area (Å²) in [6, 6.07) is 14.2. The fraction of sp³-hybridized carbons (Fsp3) is 0.350. The summed E-state index contributed by atoms with van der Waals surface area (Å²) < 4.78 is 12.3. The number of halogens is 1. The van der Waals surface area contributed by atoms with Crippen LogP contribution in [0.3, 0.4) is 0 Å². The van der Waals surface area contributed by atoms with Crippen molar-refractivity contribution in [1.82, 2.24) is 0 Å². The number of quaternary nitrogens is 1. The number of amides is 1. The van der Waals surface area contributed by atoms with Crippen LogP contribution in [0.5, 0.6) is 11.5 Å². The Bertz CT molecular complexity index is 811. The lowest BCUT2D eigenvalue weighted by molar-refractivity contribution is -0.910. The van der Waals surface area contributed by atoms with Crippen molar-refractivity contribution < 1.29 is 19.2 Å². The van der Waals surface area contributed by atoms with Gasteiger partial charge < -0.3 is 19.7 Å². The van der Waals surface area contributed by atoms with Crippen LogP contribution in [0, 0.1) is 0 Å². The standard InChI is InChI=1S/C20H21BrN2O3/c21-15-3-1-4-16(12-15)22-20(24)13-23-8-2-5-17(23)14-6-7-18-19(11-14)26-10-9-25-18/h1,3-4,6-7,11-12,17H,2,5,8-10,13H2,(H,22,24)/p+1/t17-/m0/s1. The average Bonchev–Trinajstić information content (AvgIpc) is 3.09. The number of benzene rings is 2. The molecule has 26 heavy (non-hydrogen) atoms. The van der Waals surface area contributed by atoms with Gasteiger partial charge in [0.25, 0.3) is 5.91 Å². The van der Waals surface area contributed by atoms with Gasteiger partial charge in [-0.05, 0) is 36.4 Å². The second-order valence-corrected chi connectivity index (χ2v) is 7.66. The SMILES string of the molecule is O=C(C[NH+]1CCC[C@H]1c1ccc2c(c1)OCCO2)Nc1cccc(Br)c1. The molecular weight excluding hydrogens is 396 g/mol. The lowest BCUT2D eigenvalue weighted by atomic mass is 10.0. The molecule has 0 spiro atoms. The number of fused-ring (bicyclic) bond motifs is 1. The molecule has 2 aromatic rings. The van der Waals surface area contributed by atoms with Crippen LogP contribution in [0.25, 0.3) is 0 Å². The third-order valence-electron chi connectivity index (χ3n) is 4.95. The Labute approximate surface area is 161 Å². The molecule has 1 amide bonds. The van der Waals surface area contributed by atoms with Gasteiger partial charge in [0.1, 0.15) is 19.3 Å². The van der Waals surface area contributed by atoms with Crippen molar-refractivity contribution >= 4 is 27.5 Å². The predicted octanol–water partition coefficient (Wildman–Crippen LogP) is 2.58. The van der Waals surface area contributed by atoms with E-state index >= 15 is 0 Å². The first-order chi connectivity index (χ1) is 12.7. The molecule has 1 unspecified atom stereocenters. The second kappa shape index (κ2) is 7.68. The minimum atomic E-state index is 0.0440. The Hall–Kier alpha value is -2.05. The first kappa shape index (κ1) is 17.4. The molecule has 1 fully saturated rings. The van der Waals surface area contributed by atoms with Crippen molar-refractivity contribution in [3.8, 4) is 11.5 Å². The van der Waals surface area contributed by atoms with Gasteiger partial charge in [0.2, 0.25) is 0 Å². The van der Waals surface area contributed by atoms with Gasteiger partial charge >= 0.3 is 0 Å². The highest BCUT2D eigenvalue weighted by molar-refractivity contribution is 9.10. The number of hydrogen-bond donors (Lipinski definition) is 2. The Kier molecular flexibility index (Phi) is 5.13. The molecule has 2 N–H and O–H groups in total. The zero-order chi connectivity index (χ0) is 17.9. The van der Waals surface area contributed by atoms with Gasteiger partial charge in [-0.15, -0.1) is 0 Å². The summed E-state index contributed by atoms with van der Waals surface area (Å²) in [7, 11) is 0. The van der Waals surface area contributed by atoms with E-state index in [1.165, 1.54) is 10.5 Å². The van der Waals surface area contributed by atoms with E-state index in [-0.39, 0.29) is 5.91 Å². The molecule has 2 aliphatic rings. The second-order valence-electron chi connectivity index (χ2n) is 6.74. The molecular formula is C20H22BrN2O3+. The Morgan fingerprint density at radius 1 is 1.15 bits per heavy atom. The van der Waals surface area contributed by atoms with E-state index in [0.717, 1.165) is 41.0 Å². The van der Waals surface area contributed by atoms with Crippen LogP contribution in [-0.4, -0.2) is 32.2 Å². The molecule has 2 aliphatic heterocycles. The summed E-state index contributed by atoms with van der Waals surface area (Å²) in [6.45, 7) is 2.66. The molecule has 0 aliphatic carbocycles. The number of hydrogen-bond acceptors (Lipinski definition) is 3. The lowest BCUT2D eigenvalue weighted by Gasteiger charge is -2.24. The normalized spacial score (nSPS) is 21.4. The van der Waals surface area contributed by atoms with Crippen molar-refractivity contribution in [1.29, 1.82) is 0 Å². The summed E-state index contributed by atoms with van der Waals surface area (Å²) >= 11 is 3.43. The highest BCUT2D eigenvalue weighted by Gasteiger charge is 2.32. The van der Waals surface area contributed by atoms with Crippen molar-refractivity contribution in [2.75, 3.05) is 31.6 Å². The predicted molar refractivity (Wildman–Crippen MR) is 103 cm³/mol. The molecule has 2 aromatic carbocycles. The summed E-state index contributed by atoms with van der Waals surface area (Å²) in [5.74, 6) is 1.67. The van der Waals surface area contributed by atoms with Crippen LogP contribution in [0.2, 0.25) is 0 Å². The van der Waals surface area contributed by atoms with Gasteiger partial charge in [-0.1, -0.05) is 22.0 Å². The van der Waals surface area contributed by atoms with Gasteiger partial charge in [0, 0.05) is 28.6 Å². The number of carbonyl (C=O) groups excluding carboxylic acids is 1. The quantitative estimate of drug-likeness (QED) is 0.803. The van der Waals surface area contributed by atoms with Crippen LogP contribution in [-0.2, 0) is 4.79 Å². The molecule has 6 heteroatoms. The van der Waals surface area contributed by atoms with E-state index in [1.54, 1.807) is 0 Å². The van der Waals surface area contributed by atoms with E-state index in [1.807, 2.05) is 30.3 Å². The minimum Gasteiger partial charge on any atom is -0.486 e. The Morgan fingerprint density at radius 2 is 2.00 bits per heavy atom. The Morgan fingerprint density at radius 3 is 2.85 bits per heavy atom. The van der Waals surface area contributed by atoms with Crippen LogP contribution < -0.4 is 19.7 Å². The monoisotopic (exact) mass is 417 g/mol. The molecule has 0 aromatic heterocycles. The topological polar surface area (TPSA) is 52.0 Å². The fourth-order valence-electron chi connectivity index (χ4n) is 3.78. The highest BCUT2D eigenvalue weighted by Crippen LogP contribution is 2.33. The lowest BCUT2D eigenvalue weighted by Crippen LogP contribution is -3.11. The van der Waals surface area contributed by atoms with Gasteiger partial charge in [0.15, 0.2) is 18.0 Å². The molecule has 2 atom stereocenters. The smallest absolute Gasteiger partial charge is 0.279 e. The fourth-order valence-corrected chi connectivity index (χ4v) is 4.18. The van der Waals surface area contributed by atoms with Gasteiger partial charge in [0.05, 0.1) is 6.54 Å². The van der Waals surface area contributed by atoms with E-state index < -0.39 is 0 Å². The third kappa shape index (κ3) is 3.86. The molecule has 0 radical (unpaired) electrons. The minimum absolute atomic E-state index is 0.0440. The van der Waals surface area contributed by atoms with E-state index in [0.29, 0.717) is 25.8 Å². The van der Waals surface area contributed by atoms with Crippen LogP contribution in [0.15, 0.2) is 46.9 Å². The van der Waals surface area contributed by atoms with E-state index in [4.69, 9.17) is 9.47 Å². The van der Waals surface area contributed by atoms with Gasteiger partial charge in [-0.3, -0.25) is 4.79 Å². The van der Waals surface area contributed by atoms with Crippen molar-refractivity contribution in [2.45, 2.75) is 18.9 Å². The van der Waals surface area contributed by atoms with Gasteiger partial charge in [-0.25, -0.2) is 0 Å². The van der Waals surface area contributed by atoms with Crippen LogP contribution in [0.1, 0.15) is 24.4 Å². The molecule has 5 nitrogen and oxygen atoms in total. The number of rotatable bonds is 4. The van der Waals surface area contributed by atoms with Gasteiger partial charge in [-0.2, -0.15) is 0 Å². The van der Waals surface area contributed by atoms with Crippen molar-refractivity contribution in [3.63, 3.8) is 0 Å². The largest absolute Gasteiger partial charge is 0.486 e. The first-order valence-electron chi connectivity index (χ1n) is 8.98. The average molecular weight is 418 g/mol.